The fourth-order valence-electron chi connectivity index (χ4n) is 2.68. The minimum atomic E-state index is -4.04. The Balaban J connectivity index is 1.83. The van der Waals surface area contributed by atoms with Crippen LogP contribution in [0.5, 0.6) is 5.75 Å². The molecule has 0 saturated carbocycles. The number of H-pyrrole nitrogens is 1. The normalized spacial score (nSPS) is 11.6. The Bertz CT molecular complexity index is 1260. The van der Waals surface area contributed by atoms with Crippen LogP contribution in [0.25, 0.3) is 10.8 Å². The van der Waals surface area contributed by atoms with Gasteiger partial charge in [0.1, 0.15) is 17.9 Å². The molecule has 0 fully saturated rings. The summed E-state index contributed by atoms with van der Waals surface area (Å²) in [6.45, 7) is 0. The van der Waals surface area contributed by atoms with E-state index in [0.29, 0.717) is 20.8 Å². The standard InChI is InChI=1S/C18H13FN4O3S2/c19-11-4-3-5-12(8-11)28(25,26)23-15-9-16(27-18-20-10-21-22-18)17(24)14-7-2-1-6-13(14)15/h1-10,23-24H,(H,20,21,22). The van der Waals surface area contributed by atoms with Gasteiger partial charge in [0.25, 0.3) is 10.0 Å². The highest BCUT2D eigenvalue weighted by molar-refractivity contribution is 7.99. The average Bonchev–Trinajstić information content (AvgIpc) is 3.18. The van der Waals surface area contributed by atoms with Crippen LogP contribution >= 0.6 is 11.8 Å². The molecular weight excluding hydrogens is 403 g/mol. The van der Waals surface area contributed by atoms with E-state index in [9.17, 15) is 17.9 Å². The average molecular weight is 416 g/mol. The molecule has 1 heterocycles. The molecule has 0 atom stereocenters. The van der Waals surface area contributed by atoms with Gasteiger partial charge < -0.3 is 5.11 Å². The third-order valence-electron chi connectivity index (χ3n) is 3.93. The van der Waals surface area contributed by atoms with Crippen LogP contribution in [0.1, 0.15) is 0 Å². The van der Waals surface area contributed by atoms with Crippen LogP contribution < -0.4 is 4.72 Å². The number of aromatic hydroxyl groups is 1. The van der Waals surface area contributed by atoms with Crippen LogP contribution in [0.4, 0.5) is 10.1 Å². The molecule has 0 spiro atoms. The van der Waals surface area contributed by atoms with Crippen molar-refractivity contribution in [3.63, 3.8) is 0 Å². The second kappa shape index (κ2) is 7.13. The molecular formula is C18H13FN4O3S2. The number of rotatable bonds is 5. The number of nitrogens with zero attached hydrogens (tertiary/aromatic N) is 2. The first-order valence-corrected chi connectivity index (χ1v) is 10.3. The Hall–Kier alpha value is -3.11. The SMILES string of the molecule is O=S(=O)(Nc1cc(Sc2nc[nH]n2)c(O)c2ccccc12)c1cccc(F)c1. The summed E-state index contributed by atoms with van der Waals surface area (Å²) in [6, 6.07) is 13.0. The summed E-state index contributed by atoms with van der Waals surface area (Å²) in [5, 5.41) is 18.4. The van der Waals surface area contributed by atoms with Gasteiger partial charge in [-0.2, -0.15) is 0 Å². The van der Waals surface area contributed by atoms with Crippen molar-refractivity contribution in [1.82, 2.24) is 15.2 Å². The summed E-state index contributed by atoms with van der Waals surface area (Å²) in [5.41, 5.74) is 0.246. The van der Waals surface area contributed by atoms with Crippen molar-refractivity contribution in [3.05, 3.63) is 66.7 Å². The van der Waals surface area contributed by atoms with Crippen molar-refractivity contribution < 1.29 is 17.9 Å². The first-order chi connectivity index (χ1) is 13.4. The Labute approximate surface area is 163 Å². The number of aromatic nitrogens is 3. The van der Waals surface area contributed by atoms with E-state index >= 15 is 0 Å². The molecule has 0 aliphatic heterocycles. The molecule has 0 unspecified atom stereocenters. The van der Waals surface area contributed by atoms with E-state index in [1.807, 2.05) is 0 Å². The number of phenolic OH excluding ortho intramolecular Hbond substituents is 1. The van der Waals surface area contributed by atoms with Crippen molar-refractivity contribution in [2.45, 2.75) is 14.9 Å². The minimum absolute atomic E-state index is 0.0147. The van der Waals surface area contributed by atoms with Crippen molar-refractivity contribution in [1.29, 1.82) is 0 Å². The molecule has 3 aromatic carbocycles. The number of benzene rings is 3. The Morgan fingerprint density at radius 1 is 1.07 bits per heavy atom. The smallest absolute Gasteiger partial charge is 0.262 e. The van der Waals surface area contributed by atoms with E-state index in [0.717, 1.165) is 17.8 Å². The van der Waals surface area contributed by atoms with Crippen LogP contribution in [0.2, 0.25) is 0 Å². The second-order valence-corrected chi connectivity index (χ2v) is 8.45. The van der Waals surface area contributed by atoms with E-state index in [2.05, 4.69) is 19.9 Å². The third kappa shape index (κ3) is 3.51. The lowest BCUT2D eigenvalue weighted by molar-refractivity contribution is 0.469. The van der Waals surface area contributed by atoms with Crippen molar-refractivity contribution >= 4 is 38.2 Å². The molecule has 7 nitrogen and oxygen atoms in total. The summed E-state index contributed by atoms with van der Waals surface area (Å²) >= 11 is 1.08. The summed E-state index contributed by atoms with van der Waals surface area (Å²) in [7, 11) is -4.04. The van der Waals surface area contributed by atoms with Gasteiger partial charge in [0.2, 0.25) is 5.16 Å². The predicted molar refractivity (Wildman–Crippen MR) is 103 cm³/mol. The molecule has 4 aromatic rings. The summed E-state index contributed by atoms with van der Waals surface area (Å²) in [6.07, 6.45) is 1.40. The fourth-order valence-corrected chi connectivity index (χ4v) is 4.56. The number of fused-ring (bicyclic) bond motifs is 1. The molecule has 0 aliphatic carbocycles. The van der Waals surface area contributed by atoms with Crippen LogP contribution in [0.3, 0.4) is 0 Å². The molecule has 0 aliphatic rings. The monoisotopic (exact) mass is 416 g/mol. The number of halogens is 1. The predicted octanol–water partition coefficient (Wildman–Crippen LogP) is 3.75. The number of nitrogens with one attached hydrogen (secondary N) is 2. The molecule has 0 bridgehead atoms. The van der Waals surface area contributed by atoms with E-state index in [4.69, 9.17) is 0 Å². The van der Waals surface area contributed by atoms with E-state index in [1.165, 1.54) is 30.6 Å². The molecule has 0 saturated heterocycles. The van der Waals surface area contributed by atoms with Gasteiger partial charge in [-0.1, -0.05) is 30.3 Å². The van der Waals surface area contributed by atoms with Crippen LogP contribution in [-0.2, 0) is 10.0 Å². The summed E-state index contributed by atoms with van der Waals surface area (Å²) in [4.78, 5) is 4.17. The summed E-state index contributed by atoms with van der Waals surface area (Å²) in [5.74, 6) is -0.668. The van der Waals surface area contributed by atoms with Crippen LogP contribution in [0.15, 0.2) is 75.9 Å². The molecule has 3 N–H and O–H groups in total. The van der Waals surface area contributed by atoms with E-state index in [-0.39, 0.29) is 16.3 Å². The quantitative estimate of drug-likeness (QED) is 0.428. The largest absolute Gasteiger partial charge is 0.506 e. The highest BCUT2D eigenvalue weighted by Crippen LogP contribution is 2.42. The maximum Gasteiger partial charge on any atom is 0.262 e. The van der Waals surface area contributed by atoms with Gasteiger partial charge >= 0.3 is 0 Å². The van der Waals surface area contributed by atoms with Crippen molar-refractivity contribution in [3.8, 4) is 5.75 Å². The van der Waals surface area contributed by atoms with Crippen LogP contribution in [0, 0.1) is 5.82 Å². The zero-order valence-electron chi connectivity index (χ0n) is 14.1. The zero-order valence-corrected chi connectivity index (χ0v) is 15.8. The maximum absolute atomic E-state index is 13.5. The van der Waals surface area contributed by atoms with E-state index < -0.39 is 15.8 Å². The lowest BCUT2D eigenvalue weighted by Crippen LogP contribution is -2.13. The molecule has 4 rings (SSSR count). The molecule has 10 heteroatoms. The van der Waals surface area contributed by atoms with Gasteiger partial charge in [-0.25, -0.2) is 17.8 Å². The van der Waals surface area contributed by atoms with Crippen molar-refractivity contribution in [2.75, 3.05) is 4.72 Å². The van der Waals surface area contributed by atoms with Gasteiger partial charge in [-0.3, -0.25) is 9.82 Å². The van der Waals surface area contributed by atoms with Gasteiger partial charge in [-0.05, 0) is 36.0 Å². The lowest BCUT2D eigenvalue weighted by atomic mass is 10.1. The van der Waals surface area contributed by atoms with Gasteiger partial charge in [0.05, 0.1) is 15.5 Å². The number of aromatic amines is 1. The first-order valence-electron chi connectivity index (χ1n) is 8.01. The van der Waals surface area contributed by atoms with Crippen LogP contribution in [-0.4, -0.2) is 28.7 Å². The number of anilines is 1. The Morgan fingerprint density at radius 3 is 2.57 bits per heavy atom. The Kier molecular flexibility index (Phi) is 4.65. The third-order valence-corrected chi connectivity index (χ3v) is 6.20. The second-order valence-electron chi connectivity index (χ2n) is 5.76. The highest BCUT2D eigenvalue weighted by Gasteiger charge is 2.19. The molecule has 0 amide bonds. The molecule has 1 aromatic heterocycles. The highest BCUT2D eigenvalue weighted by atomic mass is 32.2. The number of phenols is 1. The molecule has 28 heavy (non-hydrogen) atoms. The number of hydrogen-bond acceptors (Lipinski definition) is 6. The van der Waals surface area contributed by atoms with Gasteiger partial charge in [0.15, 0.2) is 0 Å². The first kappa shape index (κ1) is 18.3. The summed E-state index contributed by atoms with van der Waals surface area (Å²) < 4.78 is 41.4. The zero-order chi connectivity index (χ0) is 19.7. The lowest BCUT2D eigenvalue weighted by Gasteiger charge is -2.14. The molecule has 0 radical (unpaired) electrons. The number of sulfonamides is 1. The topological polar surface area (TPSA) is 108 Å². The minimum Gasteiger partial charge on any atom is -0.506 e. The van der Waals surface area contributed by atoms with Crippen molar-refractivity contribution in [2.24, 2.45) is 0 Å². The van der Waals surface area contributed by atoms with Gasteiger partial charge in [0, 0.05) is 10.8 Å². The number of hydrogen-bond donors (Lipinski definition) is 3. The molecule has 142 valence electrons. The maximum atomic E-state index is 13.5. The Morgan fingerprint density at radius 2 is 1.86 bits per heavy atom. The fraction of sp³-hybridized carbons (Fsp3) is 0. The van der Waals surface area contributed by atoms with Gasteiger partial charge in [-0.15, -0.1) is 5.10 Å². The van der Waals surface area contributed by atoms with E-state index in [1.54, 1.807) is 24.3 Å².